The number of benzene rings is 1. The SMILES string of the molecule is COc1ncccc1CN1CCC2(CC1)Oc1ccccc1-c1c2cnn1C(C)C.O=C(O)C(F)(F)F. The lowest BCUT2D eigenvalue weighted by molar-refractivity contribution is -0.192. The summed E-state index contributed by atoms with van der Waals surface area (Å²) in [6.45, 7) is 7.10. The molecule has 4 heterocycles. The topological polar surface area (TPSA) is 89.7 Å². The molecule has 37 heavy (non-hydrogen) atoms. The number of halogens is 3. The van der Waals surface area contributed by atoms with Gasteiger partial charge in [0.1, 0.15) is 11.4 Å². The van der Waals surface area contributed by atoms with Gasteiger partial charge in [-0.1, -0.05) is 18.2 Å². The highest BCUT2D eigenvalue weighted by molar-refractivity contribution is 5.74. The second-order valence-electron chi connectivity index (χ2n) is 9.29. The van der Waals surface area contributed by atoms with E-state index in [-0.39, 0.29) is 5.60 Å². The number of methoxy groups -OCH3 is 1. The average molecular weight is 519 g/mol. The Balaban J connectivity index is 0.000000405. The van der Waals surface area contributed by atoms with E-state index in [4.69, 9.17) is 24.5 Å². The van der Waals surface area contributed by atoms with Gasteiger partial charge in [0.2, 0.25) is 5.88 Å². The summed E-state index contributed by atoms with van der Waals surface area (Å²) in [5.74, 6) is -1.08. The Bertz CT molecular complexity index is 1250. The highest BCUT2D eigenvalue weighted by Gasteiger charge is 2.45. The summed E-state index contributed by atoms with van der Waals surface area (Å²) in [5.41, 5.74) is 4.40. The van der Waals surface area contributed by atoms with Crippen molar-refractivity contribution in [2.45, 2.75) is 51.1 Å². The Morgan fingerprint density at radius 3 is 2.49 bits per heavy atom. The van der Waals surface area contributed by atoms with Crippen LogP contribution in [0.1, 0.15) is 43.9 Å². The van der Waals surface area contributed by atoms with Crippen molar-refractivity contribution in [3.05, 3.63) is 59.9 Å². The third kappa shape index (κ3) is 5.41. The summed E-state index contributed by atoms with van der Waals surface area (Å²) in [6.07, 6.45) is 0.585. The minimum Gasteiger partial charge on any atom is -0.482 e. The molecule has 0 bridgehead atoms. The Labute approximate surface area is 212 Å². The molecule has 8 nitrogen and oxygen atoms in total. The number of nitrogens with zero attached hydrogens (tertiary/aromatic N) is 4. The minimum absolute atomic E-state index is 0.301. The number of carbonyl (C=O) groups is 1. The summed E-state index contributed by atoms with van der Waals surface area (Å²) < 4.78 is 46.0. The fourth-order valence-electron chi connectivity index (χ4n) is 4.79. The molecule has 11 heteroatoms. The average Bonchev–Trinajstić information content (AvgIpc) is 3.33. The van der Waals surface area contributed by atoms with Crippen LogP contribution in [0.5, 0.6) is 11.6 Å². The number of carboxylic acids is 1. The van der Waals surface area contributed by atoms with Gasteiger partial charge in [-0.2, -0.15) is 18.3 Å². The zero-order valence-electron chi connectivity index (χ0n) is 20.8. The van der Waals surface area contributed by atoms with Gasteiger partial charge in [0.25, 0.3) is 0 Å². The first kappa shape index (κ1) is 26.5. The molecule has 1 N–H and O–H groups in total. The number of para-hydroxylation sites is 1. The van der Waals surface area contributed by atoms with Crippen molar-refractivity contribution in [1.82, 2.24) is 19.7 Å². The normalized spacial score (nSPS) is 16.3. The highest BCUT2D eigenvalue weighted by Crippen LogP contribution is 2.50. The second kappa shape index (κ2) is 10.4. The van der Waals surface area contributed by atoms with Crippen molar-refractivity contribution in [2.24, 2.45) is 0 Å². The van der Waals surface area contributed by atoms with Gasteiger partial charge in [-0.15, -0.1) is 0 Å². The van der Waals surface area contributed by atoms with Gasteiger partial charge in [-0.25, -0.2) is 9.78 Å². The maximum absolute atomic E-state index is 10.6. The number of fused-ring (bicyclic) bond motifs is 4. The van der Waals surface area contributed by atoms with Gasteiger partial charge in [-0.05, 0) is 32.0 Å². The number of aliphatic carboxylic acids is 1. The lowest BCUT2D eigenvalue weighted by Gasteiger charge is -2.44. The van der Waals surface area contributed by atoms with E-state index in [1.165, 1.54) is 11.3 Å². The third-order valence-corrected chi connectivity index (χ3v) is 6.57. The number of rotatable bonds is 4. The molecule has 5 rings (SSSR count). The number of alkyl halides is 3. The molecule has 1 spiro atoms. The fraction of sp³-hybridized carbons (Fsp3) is 0.423. The van der Waals surface area contributed by atoms with Crippen molar-refractivity contribution < 1.29 is 32.5 Å². The van der Waals surface area contributed by atoms with Crippen molar-refractivity contribution in [3.63, 3.8) is 0 Å². The van der Waals surface area contributed by atoms with Crippen LogP contribution in [-0.2, 0) is 16.9 Å². The van der Waals surface area contributed by atoms with E-state index in [1.54, 1.807) is 13.3 Å². The van der Waals surface area contributed by atoms with Crippen molar-refractivity contribution >= 4 is 5.97 Å². The maximum atomic E-state index is 10.6. The minimum atomic E-state index is -5.08. The molecular weight excluding hydrogens is 489 g/mol. The van der Waals surface area contributed by atoms with Gasteiger partial charge in [0.15, 0.2) is 0 Å². The van der Waals surface area contributed by atoms with E-state index in [1.807, 2.05) is 12.3 Å². The number of carboxylic acid groups (broad SMARTS) is 1. The van der Waals surface area contributed by atoms with Crippen molar-refractivity contribution in [3.8, 4) is 22.9 Å². The molecule has 0 saturated carbocycles. The smallest absolute Gasteiger partial charge is 0.482 e. The summed E-state index contributed by atoms with van der Waals surface area (Å²) >= 11 is 0. The van der Waals surface area contributed by atoms with E-state index in [2.05, 4.69) is 58.7 Å². The monoisotopic (exact) mass is 518 g/mol. The quantitative estimate of drug-likeness (QED) is 0.517. The zero-order valence-corrected chi connectivity index (χ0v) is 20.8. The highest BCUT2D eigenvalue weighted by atomic mass is 19.4. The Kier molecular flexibility index (Phi) is 7.44. The number of pyridine rings is 1. The number of hydrogen-bond acceptors (Lipinski definition) is 6. The van der Waals surface area contributed by atoms with Gasteiger partial charge >= 0.3 is 12.1 Å². The molecule has 1 aromatic carbocycles. The summed E-state index contributed by atoms with van der Waals surface area (Å²) in [6, 6.07) is 12.7. The lowest BCUT2D eigenvalue weighted by atomic mass is 9.81. The molecule has 0 amide bonds. The van der Waals surface area contributed by atoms with Crippen LogP contribution in [0, 0.1) is 0 Å². The molecule has 0 atom stereocenters. The van der Waals surface area contributed by atoms with Crippen molar-refractivity contribution in [1.29, 1.82) is 0 Å². The third-order valence-electron chi connectivity index (χ3n) is 6.57. The van der Waals surface area contributed by atoms with Crippen LogP contribution in [0.2, 0.25) is 0 Å². The van der Waals surface area contributed by atoms with Crippen LogP contribution in [0.15, 0.2) is 48.8 Å². The zero-order chi connectivity index (χ0) is 26.8. The van der Waals surface area contributed by atoms with E-state index >= 15 is 0 Å². The van der Waals surface area contributed by atoms with Crippen LogP contribution in [0.25, 0.3) is 11.3 Å². The van der Waals surface area contributed by atoms with Gasteiger partial charge in [0, 0.05) is 61.4 Å². The molecule has 0 radical (unpaired) electrons. The molecule has 1 saturated heterocycles. The van der Waals surface area contributed by atoms with E-state index in [0.717, 1.165) is 49.4 Å². The Hall–Kier alpha value is -3.60. The predicted molar refractivity (Wildman–Crippen MR) is 129 cm³/mol. The summed E-state index contributed by atoms with van der Waals surface area (Å²) in [5, 5.41) is 11.9. The summed E-state index contributed by atoms with van der Waals surface area (Å²) in [4.78, 5) is 15.7. The van der Waals surface area contributed by atoms with Crippen LogP contribution >= 0.6 is 0 Å². The van der Waals surface area contributed by atoms with E-state index in [0.29, 0.717) is 11.9 Å². The van der Waals surface area contributed by atoms with Gasteiger partial charge in [0.05, 0.1) is 19.0 Å². The molecule has 1 fully saturated rings. The first-order valence-electron chi connectivity index (χ1n) is 11.9. The van der Waals surface area contributed by atoms with Gasteiger partial charge in [-0.3, -0.25) is 9.58 Å². The number of hydrogen-bond donors (Lipinski definition) is 1. The van der Waals surface area contributed by atoms with Crippen LogP contribution in [-0.4, -0.2) is 57.1 Å². The van der Waals surface area contributed by atoms with E-state index < -0.39 is 12.1 Å². The number of aromatic nitrogens is 3. The molecule has 2 aliphatic rings. The standard InChI is InChI=1S/C24H28N4O2.C2HF3O2/c1-17(2)28-22-19-8-4-5-9-21(19)30-24(20(22)15-26-28)10-13-27(14-11-24)16-18-7-6-12-25-23(18)29-3;3-2(4,5)1(6)7/h4-9,12,15,17H,10-11,13-14,16H2,1-3H3;(H,6,7). The molecule has 2 aromatic heterocycles. The molecule has 0 aliphatic carbocycles. The van der Waals surface area contributed by atoms with Crippen LogP contribution in [0.3, 0.4) is 0 Å². The largest absolute Gasteiger partial charge is 0.490 e. The second-order valence-corrected chi connectivity index (χ2v) is 9.29. The molecule has 2 aliphatic heterocycles. The number of piperidine rings is 1. The molecule has 0 unspecified atom stereocenters. The predicted octanol–water partition coefficient (Wildman–Crippen LogP) is 5.05. The fourth-order valence-corrected chi connectivity index (χ4v) is 4.79. The number of ether oxygens (including phenoxy) is 2. The first-order valence-corrected chi connectivity index (χ1v) is 11.9. The molecule has 3 aromatic rings. The van der Waals surface area contributed by atoms with Crippen LogP contribution in [0.4, 0.5) is 13.2 Å². The molecule has 198 valence electrons. The Morgan fingerprint density at radius 1 is 1.19 bits per heavy atom. The maximum Gasteiger partial charge on any atom is 0.490 e. The number of likely N-dealkylation sites (tertiary alicyclic amines) is 1. The summed E-state index contributed by atoms with van der Waals surface area (Å²) in [7, 11) is 1.68. The van der Waals surface area contributed by atoms with Crippen molar-refractivity contribution in [2.75, 3.05) is 20.2 Å². The van der Waals surface area contributed by atoms with Gasteiger partial charge < -0.3 is 14.6 Å². The molecular formula is C26H29F3N4O4. The van der Waals surface area contributed by atoms with Crippen LogP contribution < -0.4 is 9.47 Å². The first-order chi connectivity index (χ1) is 17.6. The van der Waals surface area contributed by atoms with E-state index in [9.17, 15) is 13.2 Å². The lowest BCUT2D eigenvalue weighted by Crippen LogP contribution is -2.47. The Morgan fingerprint density at radius 2 is 1.86 bits per heavy atom.